The van der Waals surface area contributed by atoms with Crippen LogP contribution in [0.5, 0.6) is 17.2 Å². The van der Waals surface area contributed by atoms with E-state index in [1.165, 1.54) is 0 Å². The highest BCUT2D eigenvalue weighted by molar-refractivity contribution is 5.74. The first kappa shape index (κ1) is 10.8. The van der Waals surface area contributed by atoms with Crippen LogP contribution in [0, 0.1) is 0 Å². The summed E-state index contributed by atoms with van der Waals surface area (Å²) in [7, 11) is 1.57. The number of benzene rings is 1. The molecule has 0 fully saturated rings. The Morgan fingerprint density at radius 1 is 1.28 bits per heavy atom. The lowest BCUT2D eigenvalue weighted by molar-refractivity contribution is 0.165. The number of anilines is 1. The summed E-state index contributed by atoms with van der Waals surface area (Å²) in [6.45, 7) is 1.02. The third-order valence-electron chi connectivity index (χ3n) is 2.66. The maximum Gasteiger partial charge on any atom is 0.204 e. The molecule has 1 aromatic carbocycles. The maximum atomic E-state index is 5.57. The first-order valence-corrected chi connectivity index (χ1v) is 5.48. The van der Waals surface area contributed by atoms with Crippen molar-refractivity contribution in [2.24, 2.45) is 0 Å². The second-order valence-electron chi connectivity index (χ2n) is 3.79. The predicted molar refractivity (Wildman–Crippen MR) is 63.9 cm³/mol. The standard InChI is InChI=1S/C12H12N2O4/c1-15-11-7(9-6-10(13)14-18-9)2-3-8-12(11)17-5-4-16-8/h2-3,6H,4-5H2,1H3,(H2,13,14). The van der Waals surface area contributed by atoms with Gasteiger partial charge in [0.05, 0.1) is 12.7 Å². The Morgan fingerprint density at radius 3 is 2.83 bits per heavy atom. The number of fused-ring (bicyclic) bond motifs is 1. The van der Waals surface area contributed by atoms with E-state index in [-0.39, 0.29) is 0 Å². The Kier molecular flexibility index (Phi) is 2.47. The molecule has 0 aliphatic carbocycles. The largest absolute Gasteiger partial charge is 0.492 e. The fourth-order valence-electron chi connectivity index (χ4n) is 1.90. The van der Waals surface area contributed by atoms with Gasteiger partial charge in [-0.2, -0.15) is 0 Å². The molecule has 2 N–H and O–H groups in total. The van der Waals surface area contributed by atoms with E-state index in [1.807, 2.05) is 12.1 Å². The molecule has 0 atom stereocenters. The molecule has 0 bridgehead atoms. The molecule has 0 spiro atoms. The average Bonchev–Trinajstić information content (AvgIpc) is 2.84. The Bertz CT molecular complexity index is 579. The first-order chi connectivity index (χ1) is 8.79. The topological polar surface area (TPSA) is 79.7 Å². The Morgan fingerprint density at radius 2 is 2.11 bits per heavy atom. The highest BCUT2D eigenvalue weighted by atomic mass is 16.6. The van der Waals surface area contributed by atoms with Crippen molar-refractivity contribution in [1.29, 1.82) is 0 Å². The monoisotopic (exact) mass is 248 g/mol. The molecular formula is C12H12N2O4. The number of nitrogen functional groups attached to an aromatic ring is 1. The van der Waals surface area contributed by atoms with Crippen LogP contribution in [-0.2, 0) is 0 Å². The summed E-state index contributed by atoms with van der Waals surface area (Å²) >= 11 is 0. The summed E-state index contributed by atoms with van der Waals surface area (Å²) in [6.07, 6.45) is 0. The van der Waals surface area contributed by atoms with Crippen LogP contribution >= 0.6 is 0 Å². The van der Waals surface area contributed by atoms with E-state index in [0.29, 0.717) is 42.0 Å². The van der Waals surface area contributed by atoms with Gasteiger partial charge in [-0.05, 0) is 12.1 Å². The van der Waals surface area contributed by atoms with Gasteiger partial charge in [0, 0.05) is 6.07 Å². The smallest absolute Gasteiger partial charge is 0.204 e. The number of hydrogen-bond donors (Lipinski definition) is 1. The van der Waals surface area contributed by atoms with E-state index in [4.69, 9.17) is 24.5 Å². The summed E-state index contributed by atoms with van der Waals surface area (Å²) < 4.78 is 21.6. The second kappa shape index (κ2) is 4.14. The van der Waals surface area contributed by atoms with Crippen molar-refractivity contribution < 1.29 is 18.7 Å². The van der Waals surface area contributed by atoms with Crippen molar-refractivity contribution >= 4 is 5.82 Å². The zero-order valence-electron chi connectivity index (χ0n) is 9.80. The van der Waals surface area contributed by atoms with Crippen molar-refractivity contribution in [2.75, 3.05) is 26.1 Å². The minimum atomic E-state index is 0.321. The lowest BCUT2D eigenvalue weighted by Gasteiger charge is -2.21. The molecule has 6 heteroatoms. The molecule has 2 heterocycles. The molecule has 1 aliphatic heterocycles. The molecule has 94 valence electrons. The van der Waals surface area contributed by atoms with E-state index >= 15 is 0 Å². The van der Waals surface area contributed by atoms with Crippen LogP contribution in [0.3, 0.4) is 0 Å². The fourth-order valence-corrected chi connectivity index (χ4v) is 1.90. The van der Waals surface area contributed by atoms with E-state index in [9.17, 15) is 0 Å². The molecule has 2 aromatic rings. The Labute approximate surface area is 103 Å². The fraction of sp³-hybridized carbons (Fsp3) is 0.250. The van der Waals surface area contributed by atoms with E-state index < -0.39 is 0 Å². The zero-order chi connectivity index (χ0) is 12.5. The normalized spacial score (nSPS) is 13.4. The Hall–Kier alpha value is -2.37. The van der Waals surface area contributed by atoms with Crippen molar-refractivity contribution in [1.82, 2.24) is 5.16 Å². The Balaban J connectivity index is 2.15. The van der Waals surface area contributed by atoms with Crippen molar-refractivity contribution in [3.8, 4) is 28.6 Å². The molecule has 6 nitrogen and oxygen atoms in total. The minimum Gasteiger partial charge on any atom is -0.492 e. The molecule has 0 saturated heterocycles. The molecule has 1 aromatic heterocycles. The van der Waals surface area contributed by atoms with Gasteiger partial charge in [0.25, 0.3) is 0 Å². The second-order valence-corrected chi connectivity index (χ2v) is 3.79. The summed E-state index contributed by atoms with van der Waals surface area (Å²) in [5, 5.41) is 3.66. The van der Waals surface area contributed by atoms with Gasteiger partial charge in [0.2, 0.25) is 5.75 Å². The van der Waals surface area contributed by atoms with Gasteiger partial charge in [-0.1, -0.05) is 5.16 Å². The molecule has 0 saturated carbocycles. The van der Waals surface area contributed by atoms with Gasteiger partial charge < -0.3 is 24.5 Å². The highest BCUT2D eigenvalue weighted by Crippen LogP contribution is 2.45. The van der Waals surface area contributed by atoms with Crippen molar-refractivity contribution in [3.05, 3.63) is 18.2 Å². The molecule has 0 amide bonds. The third kappa shape index (κ3) is 1.62. The molecule has 0 unspecified atom stereocenters. The number of methoxy groups -OCH3 is 1. The minimum absolute atomic E-state index is 0.321. The molecule has 18 heavy (non-hydrogen) atoms. The SMILES string of the molecule is COc1c(-c2cc(N)no2)ccc2c1OCCO2. The quantitative estimate of drug-likeness (QED) is 0.871. The van der Waals surface area contributed by atoms with Gasteiger partial charge >= 0.3 is 0 Å². The zero-order valence-corrected chi connectivity index (χ0v) is 9.80. The van der Waals surface area contributed by atoms with Crippen LogP contribution in [-0.4, -0.2) is 25.5 Å². The number of aromatic nitrogens is 1. The maximum absolute atomic E-state index is 5.57. The molecule has 1 aliphatic rings. The number of ether oxygens (including phenoxy) is 3. The predicted octanol–water partition coefficient (Wildman–Crippen LogP) is 1.70. The summed E-state index contributed by atoms with van der Waals surface area (Å²) in [5.41, 5.74) is 6.27. The lowest BCUT2D eigenvalue weighted by Crippen LogP contribution is -2.16. The van der Waals surface area contributed by atoms with Gasteiger partial charge in [0.15, 0.2) is 23.1 Å². The van der Waals surface area contributed by atoms with Crippen molar-refractivity contribution in [3.63, 3.8) is 0 Å². The molecule has 3 rings (SSSR count). The molecule has 0 radical (unpaired) electrons. The van der Waals surface area contributed by atoms with E-state index in [2.05, 4.69) is 5.16 Å². The lowest BCUT2D eigenvalue weighted by atomic mass is 10.1. The summed E-state index contributed by atoms with van der Waals surface area (Å²) in [5.74, 6) is 2.65. The third-order valence-corrected chi connectivity index (χ3v) is 2.66. The van der Waals surface area contributed by atoms with Crippen LogP contribution in [0.15, 0.2) is 22.7 Å². The number of nitrogens with zero attached hydrogens (tertiary/aromatic N) is 1. The van der Waals surface area contributed by atoms with Gasteiger partial charge in [0.1, 0.15) is 13.2 Å². The van der Waals surface area contributed by atoms with E-state index in [0.717, 1.165) is 5.56 Å². The van der Waals surface area contributed by atoms with Crippen molar-refractivity contribution in [2.45, 2.75) is 0 Å². The van der Waals surface area contributed by atoms with Crippen LogP contribution in [0.2, 0.25) is 0 Å². The van der Waals surface area contributed by atoms with Gasteiger partial charge in [-0.25, -0.2) is 0 Å². The van der Waals surface area contributed by atoms with E-state index in [1.54, 1.807) is 13.2 Å². The van der Waals surface area contributed by atoms with Gasteiger partial charge in [-0.3, -0.25) is 0 Å². The average molecular weight is 248 g/mol. The number of rotatable bonds is 2. The van der Waals surface area contributed by atoms with Crippen LogP contribution < -0.4 is 19.9 Å². The summed E-state index contributed by atoms with van der Waals surface area (Å²) in [4.78, 5) is 0. The summed E-state index contributed by atoms with van der Waals surface area (Å²) in [6, 6.07) is 5.27. The number of hydrogen-bond acceptors (Lipinski definition) is 6. The van der Waals surface area contributed by atoms with Crippen LogP contribution in [0.1, 0.15) is 0 Å². The number of nitrogens with two attached hydrogens (primary N) is 1. The van der Waals surface area contributed by atoms with Crippen LogP contribution in [0.4, 0.5) is 5.82 Å². The molecular weight excluding hydrogens is 236 g/mol. The van der Waals surface area contributed by atoms with Gasteiger partial charge in [-0.15, -0.1) is 0 Å². The first-order valence-electron chi connectivity index (χ1n) is 5.48. The van der Waals surface area contributed by atoms with Crippen LogP contribution in [0.25, 0.3) is 11.3 Å². The highest BCUT2D eigenvalue weighted by Gasteiger charge is 2.22.